The Morgan fingerprint density at radius 1 is 1.28 bits per heavy atom. The van der Waals surface area contributed by atoms with Gasteiger partial charge in [-0.25, -0.2) is 0 Å². The van der Waals surface area contributed by atoms with Gasteiger partial charge in [0.05, 0.1) is 29.2 Å². The summed E-state index contributed by atoms with van der Waals surface area (Å²) in [6.07, 6.45) is 1.68. The summed E-state index contributed by atoms with van der Waals surface area (Å²) in [6.45, 7) is 2.40. The summed E-state index contributed by atoms with van der Waals surface area (Å²) in [6, 6.07) is 11.9. The molecule has 0 radical (unpaired) electrons. The van der Waals surface area contributed by atoms with Gasteiger partial charge in [-0.3, -0.25) is 15.0 Å². The normalized spacial score (nSPS) is 15.0. The van der Waals surface area contributed by atoms with Crippen LogP contribution < -0.4 is 14.9 Å². The number of hydrogen-bond acceptors (Lipinski definition) is 6. The van der Waals surface area contributed by atoms with Crippen molar-refractivity contribution in [2.75, 3.05) is 13.7 Å². The molecular formula is C20H17ClN2O4S2. The third kappa shape index (κ3) is 4.72. The van der Waals surface area contributed by atoms with E-state index < -0.39 is 11.8 Å². The molecule has 3 rings (SSSR count). The van der Waals surface area contributed by atoms with Crippen molar-refractivity contribution in [3.8, 4) is 11.5 Å². The zero-order valence-electron chi connectivity index (χ0n) is 15.6. The molecule has 0 atom stereocenters. The molecule has 0 bridgehead atoms. The van der Waals surface area contributed by atoms with Crippen molar-refractivity contribution in [2.45, 2.75) is 6.92 Å². The summed E-state index contributed by atoms with van der Waals surface area (Å²) >= 11 is 12.4. The molecule has 1 aliphatic rings. The molecule has 1 fully saturated rings. The van der Waals surface area contributed by atoms with Gasteiger partial charge in [-0.1, -0.05) is 41.6 Å². The number of thioether (sulfide) groups is 1. The van der Waals surface area contributed by atoms with Gasteiger partial charge in [-0.15, -0.1) is 0 Å². The number of benzene rings is 2. The third-order valence-corrected chi connectivity index (χ3v) is 5.54. The predicted octanol–water partition coefficient (Wildman–Crippen LogP) is 4.29. The summed E-state index contributed by atoms with van der Waals surface area (Å²) in [5.74, 6) is 0.235. The van der Waals surface area contributed by atoms with E-state index in [1.807, 2.05) is 13.0 Å². The predicted molar refractivity (Wildman–Crippen MR) is 118 cm³/mol. The molecule has 0 unspecified atom stereocenters. The maximum atomic E-state index is 12.7. The van der Waals surface area contributed by atoms with Crippen molar-refractivity contribution in [2.24, 2.45) is 0 Å². The Morgan fingerprint density at radius 2 is 2.03 bits per heavy atom. The van der Waals surface area contributed by atoms with E-state index in [-0.39, 0.29) is 14.9 Å². The van der Waals surface area contributed by atoms with Crippen molar-refractivity contribution >= 4 is 57.8 Å². The number of hydrogen-bond donors (Lipinski definition) is 1. The van der Waals surface area contributed by atoms with Gasteiger partial charge < -0.3 is 9.47 Å². The van der Waals surface area contributed by atoms with E-state index in [0.717, 1.165) is 22.3 Å². The second-order valence-electron chi connectivity index (χ2n) is 5.78. The fourth-order valence-corrected chi connectivity index (χ4v) is 3.97. The second kappa shape index (κ2) is 9.30. The molecule has 0 spiro atoms. The highest BCUT2D eigenvalue weighted by atomic mass is 35.5. The number of nitrogens with one attached hydrogen (secondary N) is 1. The number of rotatable bonds is 6. The molecule has 9 heteroatoms. The van der Waals surface area contributed by atoms with Gasteiger partial charge in [0.25, 0.3) is 11.8 Å². The largest absolute Gasteiger partial charge is 0.493 e. The summed E-state index contributed by atoms with van der Waals surface area (Å²) in [7, 11) is 1.55. The minimum Gasteiger partial charge on any atom is -0.493 e. The van der Waals surface area contributed by atoms with E-state index in [9.17, 15) is 9.59 Å². The van der Waals surface area contributed by atoms with Crippen molar-refractivity contribution in [3.05, 3.63) is 63.5 Å². The number of ether oxygens (including phenoxy) is 2. The molecule has 2 aromatic rings. The van der Waals surface area contributed by atoms with Gasteiger partial charge in [0, 0.05) is 0 Å². The van der Waals surface area contributed by atoms with Crippen LogP contribution in [0.1, 0.15) is 22.8 Å². The van der Waals surface area contributed by atoms with Crippen molar-refractivity contribution in [3.63, 3.8) is 0 Å². The Bertz CT molecular complexity index is 1010. The molecule has 2 aromatic carbocycles. The van der Waals surface area contributed by atoms with Crippen molar-refractivity contribution < 1.29 is 19.1 Å². The quantitative estimate of drug-likeness (QED) is 0.525. The molecule has 29 heavy (non-hydrogen) atoms. The summed E-state index contributed by atoms with van der Waals surface area (Å²) in [5.41, 5.74) is 3.50. The molecule has 2 amide bonds. The van der Waals surface area contributed by atoms with Crippen LogP contribution in [0.4, 0.5) is 0 Å². The summed E-state index contributed by atoms with van der Waals surface area (Å²) in [5, 5.41) is 1.33. The lowest BCUT2D eigenvalue weighted by Crippen LogP contribution is -2.44. The fourth-order valence-electron chi connectivity index (χ4n) is 2.57. The molecule has 1 N–H and O–H groups in total. The first kappa shape index (κ1) is 21.2. The Hall–Kier alpha value is -2.55. The van der Waals surface area contributed by atoms with Crippen LogP contribution in [-0.2, 0) is 4.79 Å². The average Bonchev–Trinajstić information content (AvgIpc) is 2.97. The Balaban J connectivity index is 1.80. The molecule has 0 aliphatic carbocycles. The number of amides is 2. The number of hydrazine groups is 1. The Labute approximate surface area is 182 Å². The van der Waals surface area contributed by atoms with Gasteiger partial charge in [-0.2, -0.15) is 5.01 Å². The zero-order valence-corrected chi connectivity index (χ0v) is 18.0. The molecule has 1 heterocycles. The van der Waals surface area contributed by atoms with E-state index in [4.69, 9.17) is 33.3 Å². The molecule has 1 aliphatic heterocycles. The summed E-state index contributed by atoms with van der Waals surface area (Å²) < 4.78 is 11.1. The van der Waals surface area contributed by atoms with Crippen LogP contribution in [-0.4, -0.2) is 34.9 Å². The molecule has 6 nitrogen and oxygen atoms in total. The lowest BCUT2D eigenvalue weighted by atomic mass is 10.2. The smallest absolute Gasteiger partial charge is 0.285 e. The number of thiocarbonyl (C=S) groups is 1. The molecule has 0 saturated carbocycles. The third-order valence-electron chi connectivity index (χ3n) is 3.91. The molecule has 1 saturated heterocycles. The zero-order chi connectivity index (χ0) is 21.0. The van der Waals surface area contributed by atoms with Gasteiger partial charge in [0.2, 0.25) is 0 Å². The Kier molecular flexibility index (Phi) is 6.79. The minimum absolute atomic E-state index is 0.222. The first-order valence-electron chi connectivity index (χ1n) is 8.59. The highest BCUT2D eigenvalue weighted by molar-refractivity contribution is 8.26. The van der Waals surface area contributed by atoms with Gasteiger partial charge in [-0.05, 0) is 55.0 Å². The van der Waals surface area contributed by atoms with Crippen LogP contribution in [0, 0.1) is 0 Å². The number of nitrogens with zero attached hydrogens (tertiary/aromatic N) is 1. The summed E-state index contributed by atoms with van der Waals surface area (Å²) in [4.78, 5) is 25.6. The monoisotopic (exact) mass is 448 g/mol. The topological polar surface area (TPSA) is 67.9 Å². The molecular weight excluding hydrogens is 432 g/mol. The maximum Gasteiger partial charge on any atom is 0.285 e. The van der Waals surface area contributed by atoms with Crippen molar-refractivity contribution in [1.29, 1.82) is 0 Å². The van der Waals surface area contributed by atoms with Crippen LogP contribution in [0.2, 0.25) is 5.02 Å². The van der Waals surface area contributed by atoms with E-state index >= 15 is 0 Å². The number of methoxy groups -OCH3 is 1. The number of carbonyl (C=O) groups excluding carboxylic acids is 2. The van der Waals surface area contributed by atoms with Crippen LogP contribution in [0.3, 0.4) is 0 Å². The van der Waals surface area contributed by atoms with E-state index in [0.29, 0.717) is 23.0 Å². The maximum absolute atomic E-state index is 12.7. The Morgan fingerprint density at radius 3 is 2.72 bits per heavy atom. The van der Waals surface area contributed by atoms with Crippen LogP contribution in [0.25, 0.3) is 6.08 Å². The van der Waals surface area contributed by atoms with Gasteiger partial charge in [0.1, 0.15) is 0 Å². The first-order valence-corrected chi connectivity index (χ1v) is 10.2. The van der Waals surface area contributed by atoms with Crippen LogP contribution in [0.5, 0.6) is 11.5 Å². The number of halogens is 1. The van der Waals surface area contributed by atoms with Crippen LogP contribution >= 0.6 is 35.6 Å². The first-order chi connectivity index (χ1) is 13.9. The van der Waals surface area contributed by atoms with Gasteiger partial charge in [0.15, 0.2) is 15.8 Å². The average molecular weight is 449 g/mol. The highest BCUT2D eigenvalue weighted by Crippen LogP contribution is 2.34. The van der Waals surface area contributed by atoms with Gasteiger partial charge >= 0.3 is 0 Å². The van der Waals surface area contributed by atoms with E-state index in [1.54, 1.807) is 49.6 Å². The minimum atomic E-state index is -0.518. The van der Waals surface area contributed by atoms with Crippen molar-refractivity contribution in [1.82, 2.24) is 10.4 Å². The second-order valence-corrected chi connectivity index (χ2v) is 7.86. The molecule has 150 valence electrons. The fraction of sp³-hybridized carbons (Fsp3) is 0.150. The highest BCUT2D eigenvalue weighted by Gasteiger charge is 2.34. The van der Waals surface area contributed by atoms with E-state index in [2.05, 4.69) is 5.43 Å². The van der Waals surface area contributed by atoms with E-state index in [1.165, 1.54) is 0 Å². The SMILES string of the molecule is CCOc1ccc(/C=C2\SC(=S)N(NC(=O)c3ccccc3Cl)C2=O)cc1OC. The van der Waals surface area contributed by atoms with Crippen LogP contribution in [0.15, 0.2) is 47.4 Å². The lowest BCUT2D eigenvalue weighted by Gasteiger charge is -2.16. The molecule has 0 aromatic heterocycles. The number of carbonyl (C=O) groups is 2. The standard InChI is InChI=1S/C20H17ClN2O4S2/c1-3-27-15-9-8-12(10-16(15)26-2)11-17-19(25)23(20(28)29-17)22-18(24)13-6-4-5-7-14(13)21/h4-11H,3H2,1-2H3,(H,22,24)/b17-11-. The lowest BCUT2D eigenvalue weighted by molar-refractivity contribution is -0.123.